The lowest BCUT2D eigenvalue weighted by molar-refractivity contribution is 0.270. The van der Waals surface area contributed by atoms with E-state index < -0.39 is 6.72 Å². The van der Waals surface area contributed by atoms with E-state index in [-0.39, 0.29) is 0 Å². The molecular weight excluding hydrogens is 259 g/mol. The molecule has 1 aromatic rings. The molecule has 1 fully saturated rings. The molecule has 0 unspecified atom stereocenters. The van der Waals surface area contributed by atoms with Crippen molar-refractivity contribution in [2.45, 2.75) is 25.7 Å². The highest BCUT2D eigenvalue weighted by molar-refractivity contribution is 8.07. The van der Waals surface area contributed by atoms with Gasteiger partial charge in [-0.2, -0.15) is 4.98 Å². The summed E-state index contributed by atoms with van der Waals surface area (Å²) >= 11 is 5.14. The number of hydrogen-bond acceptors (Lipinski definition) is 6. The minimum absolute atomic E-state index is 0.437. The molecule has 1 aliphatic carbocycles. The maximum Gasteiger partial charge on any atom is 0.381 e. The zero-order valence-corrected chi connectivity index (χ0v) is 11.8. The number of aryl methyl sites for hydroxylation is 1. The van der Waals surface area contributed by atoms with Crippen molar-refractivity contribution in [1.29, 1.82) is 0 Å². The van der Waals surface area contributed by atoms with Crippen LogP contribution in [0.5, 0.6) is 5.88 Å². The molecule has 7 heteroatoms. The third-order valence-corrected chi connectivity index (χ3v) is 4.91. The van der Waals surface area contributed by atoms with Gasteiger partial charge in [-0.05, 0) is 19.8 Å². The van der Waals surface area contributed by atoms with Crippen LogP contribution in [0.4, 0.5) is 0 Å². The van der Waals surface area contributed by atoms with E-state index in [9.17, 15) is 0 Å². The fraction of sp³-hybridized carbons (Fsp3) is 0.600. The van der Waals surface area contributed by atoms with Crippen LogP contribution < -0.4 is 4.52 Å². The Kier molecular flexibility index (Phi) is 3.78. The summed E-state index contributed by atoms with van der Waals surface area (Å²) in [5, 5.41) is 0. The monoisotopic (exact) mass is 274 g/mol. The number of hydrogen-bond donors (Lipinski definition) is 0. The predicted molar refractivity (Wildman–Crippen MR) is 67.7 cm³/mol. The Morgan fingerprint density at radius 3 is 2.47 bits per heavy atom. The van der Waals surface area contributed by atoms with Gasteiger partial charge in [0, 0.05) is 38.0 Å². The molecule has 1 aromatic heterocycles. The molecule has 1 saturated carbocycles. The van der Waals surface area contributed by atoms with Gasteiger partial charge >= 0.3 is 6.72 Å². The maximum atomic E-state index is 5.53. The molecule has 0 amide bonds. The zero-order valence-electron chi connectivity index (χ0n) is 10.0. The van der Waals surface area contributed by atoms with E-state index in [1.165, 1.54) is 27.1 Å². The third kappa shape index (κ3) is 3.22. The average molecular weight is 274 g/mol. The van der Waals surface area contributed by atoms with Crippen LogP contribution in [0.2, 0.25) is 0 Å². The first kappa shape index (κ1) is 12.9. The van der Waals surface area contributed by atoms with Crippen LogP contribution in [0.15, 0.2) is 6.07 Å². The topological polar surface area (TPSA) is 53.5 Å². The van der Waals surface area contributed by atoms with Crippen molar-refractivity contribution in [1.82, 2.24) is 9.97 Å². The minimum atomic E-state index is -2.71. The molecule has 0 saturated heterocycles. The molecule has 0 aliphatic heterocycles. The van der Waals surface area contributed by atoms with Crippen LogP contribution >= 0.6 is 6.72 Å². The van der Waals surface area contributed by atoms with E-state index in [0.29, 0.717) is 17.6 Å². The van der Waals surface area contributed by atoms with Crippen LogP contribution in [0.3, 0.4) is 0 Å². The van der Waals surface area contributed by atoms with Crippen molar-refractivity contribution in [2.75, 3.05) is 14.2 Å². The second kappa shape index (κ2) is 4.98. The van der Waals surface area contributed by atoms with Crippen LogP contribution in [0.1, 0.15) is 30.3 Å². The van der Waals surface area contributed by atoms with Gasteiger partial charge in [0.05, 0.1) is 5.69 Å². The van der Waals surface area contributed by atoms with Gasteiger partial charge < -0.3 is 13.6 Å². The van der Waals surface area contributed by atoms with Crippen molar-refractivity contribution < 1.29 is 13.6 Å². The first-order chi connectivity index (χ1) is 8.06. The Bertz CT molecular complexity index is 457. The summed E-state index contributed by atoms with van der Waals surface area (Å²) in [6.45, 7) is -0.874. The molecule has 0 spiro atoms. The van der Waals surface area contributed by atoms with Crippen molar-refractivity contribution in [3.63, 3.8) is 0 Å². The number of nitrogens with zero attached hydrogens (tertiary/aromatic N) is 2. The first-order valence-electron chi connectivity index (χ1n) is 5.33. The summed E-state index contributed by atoms with van der Waals surface area (Å²) in [5.41, 5.74) is 1.02. The molecule has 0 radical (unpaired) electrons. The summed E-state index contributed by atoms with van der Waals surface area (Å²) in [6, 6.07) is 1.82. The molecule has 0 N–H and O–H groups in total. The lowest BCUT2D eigenvalue weighted by Crippen LogP contribution is -2.02. The van der Waals surface area contributed by atoms with E-state index in [1.807, 2.05) is 13.0 Å². The largest absolute Gasteiger partial charge is 0.406 e. The second-order valence-corrected chi connectivity index (χ2v) is 7.01. The van der Waals surface area contributed by atoms with E-state index in [1.54, 1.807) is 0 Å². The van der Waals surface area contributed by atoms with Gasteiger partial charge in [0.2, 0.25) is 5.88 Å². The Morgan fingerprint density at radius 2 is 1.94 bits per heavy atom. The Labute approximate surface area is 106 Å². The van der Waals surface area contributed by atoms with E-state index in [4.69, 9.17) is 25.4 Å². The lowest BCUT2D eigenvalue weighted by Gasteiger charge is -2.17. The quantitative estimate of drug-likeness (QED) is 0.769. The van der Waals surface area contributed by atoms with Gasteiger partial charge in [-0.25, -0.2) is 4.98 Å². The summed E-state index contributed by atoms with van der Waals surface area (Å²) in [4.78, 5) is 8.58. The number of rotatable bonds is 5. The highest BCUT2D eigenvalue weighted by atomic mass is 32.5. The highest BCUT2D eigenvalue weighted by Crippen LogP contribution is 2.48. The predicted octanol–water partition coefficient (Wildman–Crippen LogP) is 2.56. The van der Waals surface area contributed by atoms with Gasteiger partial charge in [0.15, 0.2) is 0 Å². The van der Waals surface area contributed by atoms with Crippen LogP contribution in [0.25, 0.3) is 0 Å². The molecule has 94 valence electrons. The van der Waals surface area contributed by atoms with E-state index in [2.05, 4.69) is 9.97 Å². The lowest BCUT2D eigenvalue weighted by atomic mass is 10.3. The van der Waals surface area contributed by atoms with Crippen molar-refractivity contribution in [2.24, 2.45) is 0 Å². The van der Waals surface area contributed by atoms with Crippen molar-refractivity contribution >= 4 is 18.5 Å². The van der Waals surface area contributed by atoms with Crippen LogP contribution in [0, 0.1) is 6.92 Å². The SMILES string of the molecule is COP(=S)(OC)Oc1cc(C2CC2)nc(C)n1. The Morgan fingerprint density at radius 1 is 1.29 bits per heavy atom. The summed E-state index contributed by atoms with van der Waals surface area (Å²) in [5.74, 6) is 1.66. The maximum absolute atomic E-state index is 5.53. The Hall–Kier alpha value is -0.550. The molecule has 5 nitrogen and oxygen atoms in total. The van der Waals surface area contributed by atoms with Gasteiger partial charge in [-0.15, -0.1) is 0 Å². The Balaban J connectivity index is 2.23. The van der Waals surface area contributed by atoms with Gasteiger partial charge in [-0.1, -0.05) is 0 Å². The first-order valence-corrected chi connectivity index (χ1v) is 7.88. The fourth-order valence-corrected chi connectivity index (χ4v) is 2.31. The van der Waals surface area contributed by atoms with Crippen molar-refractivity contribution in [3.8, 4) is 5.88 Å². The van der Waals surface area contributed by atoms with E-state index in [0.717, 1.165) is 5.69 Å². The van der Waals surface area contributed by atoms with Crippen molar-refractivity contribution in [3.05, 3.63) is 17.6 Å². The molecule has 1 heterocycles. The standard InChI is InChI=1S/C10H15N2O3PS/c1-7-11-9(8-4-5-8)6-10(12-7)15-16(17,13-2)14-3/h6,8H,4-5H2,1-3H3. The second-order valence-electron chi connectivity index (χ2n) is 3.86. The third-order valence-electron chi connectivity index (χ3n) is 2.48. The van der Waals surface area contributed by atoms with E-state index >= 15 is 0 Å². The zero-order chi connectivity index (χ0) is 12.5. The van der Waals surface area contributed by atoms with Gasteiger partial charge in [0.1, 0.15) is 5.82 Å². The average Bonchev–Trinajstić information content (AvgIpc) is 3.12. The summed E-state index contributed by atoms with van der Waals surface area (Å²) < 4.78 is 15.7. The fourth-order valence-electron chi connectivity index (χ4n) is 1.46. The normalized spacial score (nSPS) is 15.9. The smallest absolute Gasteiger partial charge is 0.381 e. The van der Waals surface area contributed by atoms with Gasteiger partial charge in [-0.3, -0.25) is 0 Å². The molecule has 0 bridgehead atoms. The van der Waals surface area contributed by atoms with Crippen LogP contribution in [-0.2, 0) is 20.9 Å². The van der Waals surface area contributed by atoms with Crippen LogP contribution in [-0.4, -0.2) is 24.2 Å². The minimum Gasteiger partial charge on any atom is -0.406 e. The molecule has 0 atom stereocenters. The van der Waals surface area contributed by atoms with Gasteiger partial charge in [0.25, 0.3) is 0 Å². The molecule has 0 aromatic carbocycles. The summed E-state index contributed by atoms with van der Waals surface area (Å²) in [7, 11) is 2.94. The summed E-state index contributed by atoms with van der Waals surface area (Å²) in [6.07, 6.45) is 2.36. The molecule has 1 aliphatic rings. The highest BCUT2D eigenvalue weighted by Gasteiger charge is 2.27. The molecular formula is C10H15N2O3PS. The number of aromatic nitrogens is 2. The molecule has 2 rings (SSSR count). The molecule has 17 heavy (non-hydrogen) atoms.